The van der Waals surface area contributed by atoms with Gasteiger partial charge in [0.05, 0.1) is 5.69 Å². The number of para-hydroxylation sites is 2. The van der Waals surface area contributed by atoms with Gasteiger partial charge in [-0.3, -0.25) is 4.79 Å². The second-order valence-electron chi connectivity index (χ2n) is 6.20. The van der Waals surface area contributed by atoms with Crippen LogP contribution in [0.1, 0.15) is 32.1 Å². The maximum atomic E-state index is 12.4. The summed E-state index contributed by atoms with van der Waals surface area (Å²) < 4.78 is 0. The molecule has 21 heavy (non-hydrogen) atoms. The maximum Gasteiger partial charge on any atom is 0.227 e. The predicted octanol–water partition coefficient (Wildman–Crippen LogP) is 2.91. The fourth-order valence-electron chi connectivity index (χ4n) is 3.82. The number of aromatic hydroxyl groups is 1. The topological polar surface area (TPSA) is 75.4 Å². The molecule has 2 aliphatic carbocycles. The molecule has 0 radical (unpaired) electrons. The molecule has 1 aromatic carbocycles. The zero-order chi connectivity index (χ0) is 14.1. The van der Waals surface area contributed by atoms with Crippen molar-refractivity contribution in [3.63, 3.8) is 0 Å². The number of phenolic OH excluding ortho intramolecular Hbond substituents is 1. The van der Waals surface area contributed by atoms with Crippen LogP contribution in [0.15, 0.2) is 24.3 Å². The van der Waals surface area contributed by atoms with Crippen molar-refractivity contribution < 1.29 is 9.90 Å². The molecule has 0 spiro atoms. The van der Waals surface area contributed by atoms with Gasteiger partial charge in [-0.25, -0.2) is 0 Å². The van der Waals surface area contributed by atoms with Gasteiger partial charge in [-0.1, -0.05) is 18.6 Å². The van der Waals surface area contributed by atoms with Crippen LogP contribution in [0.2, 0.25) is 0 Å². The average Bonchev–Trinajstić information content (AvgIpc) is 2.41. The third-order valence-electron chi connectivity index (χ3n) is 4.95. The van der Waals surface area contributed by atoms with E-state index in [1.54, 1.807) is 24.3 Å². The van der Waals surface area contributed by atoms with Crippen molar-refractivity contribution in [3.05, 3.63) is 24.3 Å². The van der Waals surface area contributed by atoms with E-state index in [0.717, 1.165) is 25.7 Å². The third kappa shape index (κ3) is 3.33. The van der Waals surface area contributed by atoms with Crippen LogP contribution >= 0.6 is 12.4 Å². The first-order valence-electron chi connectivity index (χ1n) is 7.49. The lowest BCUT2D eigenvalue weighted by molar-refractivity contribution is -0.122. The van der Waals surface area contributed by atoms with Gasteiger partial charge >= 0.3 is 0 Å². The Morgan fingerprint density at radius 3 is 2.43 bits per heavy atom. The van der Waals surface area contributed by atoms with Crippen molar-refractivity contribution in [2.75, 3.05) is 5.32 Å². The van der Waals surface area contributed by atoms with E-state index in [0.29, 0.717) is 17.5 Å². The number of anilines is 1. The molecular formula is C16H23ClN2O2. The van der Waals surface area contributed by atoms with Crippen molar-refractivity contribution in [2.24, 2.45) is 23.5 Å². The first kappa shape index (κ1) is 16.1. The van der Waals surface area contributed by atoms with Crippen molar-refractivity contribution in [1.29, 1.82) is 0 Å². The molecule has 2 aliphatic rings. The highest BCUT2D eigenvalue weighted by Crippen LogP contribution is 2.42. The number of benzene rings is 1. The molecule has 2 saturated carbocycles. The summed E-state index contributed by atoms with van der Waals surface area (Å²) in [5.41, 5.74) is 6.75. The van der Waals surface area contributed by atoms with E-state index in [1.807, 2.05) is 0 Å². The summed E-state index contributed by atoms with van der Waals surface area (Å²) in [5.74, 6) is 1.15. The molecule has 0 heterocycles. The van der Waals surface area contributed by atoms with E-state index in [9.17, 15) is 9.90 Å². The van der Waals surface area contributed by atoms with Crippen LogP contribution in [0.5, 0.6) is 5.75 Å². The summed E-state index contributed by atoms with van der Waals surface area (Å²) in [6, 6.07) is 7.14. The molecule has 0 aromatic heterocycles. The van der Waals surface area contributed by atoms with Crippen molar-refractivity contribution in [1.82, 2.24) is 0 Å². The number of hydrogen-bond acceptors (Lipinski definition) is 3. The van der Waals surface area contributed by atoms with Crippen LogP contribution in [0, 0.1) is 17.8 Å². The van der Waals surface area contributed by atoms with Crippen molar-refractivity contribution in [3.8, 4) is 5.75 Å². The second kappa shape index (κ2) is 6.67. The number of rotatable bonds is 2. The first-order valence-corrected chi connectivity index (χ1v) is 7.49. The standard InChI is InChI=1S/C16H22N2O2.ClH/c17-15-10-4-3-5-11(15)9-12(8-10)16(20)18-13-6-1-2-7-14(13)19;/h1-2,6-7,10-12,15,19H,3-5,8-9,17H2,(H,18,20);1H. The van der Waals surface area contributed by atoms with Crippen LogP contribution < -0.4 is 11.1 Å². The second-order valence-corrected chi connectivity index (χ2v) is 6.20. The normalized spacial score (nSPS) is 31.1. The number of nitrogens with two attached hydrogens (primary N) is 1. The number of phenols is 1. The summed E-state index contributed by atoms with van der Waals surface area (Å²) in [6.07, 6.45) is 5.32. The Bertz CT molecular complexity index is 495. The van der Waals surface area contributed by atoms with Gasteiger partial charge in [0, 0.05) is 12.0 Å². The molecule has 1 aromatic rings. The molecule has 2 bridgehead atoms. The molecule has 2 fully saturated rings. The van der Waals surface area contributed by atoms with Crippen LogP contribution in [0.3, 0.4) is 0 Å². The molecule has 0 saturated heterocycles. The Morgan fingerprint density at radius 2 is 1.81 bits per heavy atom. The molecule has 116 valence electrons. The summed E-state index contributed by atoms with van der Waals surface area (Å²) in [4.78, 5) is 12.4. The molecule has 5 heteroatoms. The molecule has 0 aliphatic heterocycles. The summed E-state index contributed by atoms with van der Waals surface area (Å²) >= 11 is 0. The number of carbonyl (C=O) groups excluding carboxylic acids is 1. The van der Waals surface area contributed by atoms with Crippen molar-refractivity contribution in [2.45, 2.75) is 38.1 Å². The number of hydrogen-bond donors (Lipinski definition) is 3. The molecular weight excluding hydrogens is 288 g/mol. The average molecular weight is 311 g/mol. The maximum absolute atomic E-state index is 12.4. The Balaban J connectivity index is 0.00000161. The largest absolute Gasteiger partial charge is 0.506 e. The SMILES string of the molecule is Cl.NC1C2CCCC1CC(C(=O)Nc1ccccc1O)C2. The number of fused-ring (bicyclic) bond motifs is 2. The lowest BCUT2D eigenvalue weighted by atomic mass is 9.65. The van der Waals surface area contributed by atoms with Gasteiger partial charge in [-0.15, -0.1) is 12.4 Å². The van der Waals surface area contributed by atoms with Crippen LogP contribution in [0.4, 0.5) is 5.69 Å². The summed E-state index contributed by atoms with van der Waals surface area (Å²) in [6.45, 7) is 0. The first-order chi connectivity index (χ1) is 9.65. The summed E-state index contributed by atoms with van der Waals surface area (Å²) in [7, 11) is 0. The van der Waals surface area contributed by atoms with Gasteiger partial charge in [0.2, 0.25) is 5.91 Å². The fourth-order valence-corrected chi connectivity index (χ4v) is 3.82. The Hall–Kier alpha value is -1.26. The molecule has 2 atom stereocenters. The predicted molar refractivity (Wildman–Crippen MR) is 85.5 cm³/mol. The molecule has 1 amide bonds. The van der Waals surface area contributed by atoms with E-state index in [4.69, 9.17) is 5.73 Å². The highest BCUT2D eigenvalue weighted by molar-refractivity contribution is 5.94. The van der Waals surface area contributed by atoms with Crippen LogP contribution in [-0.2, 0) is 4.79 Å². The van der Waals surface area contributed by atoms with Crippen LogP contribution in [-0.4, -0.2) is 17.1 Å². The fraction of sp³-hybridized carbons (Fsp3) is 0.562. The molecule has 2 unspecified atom stereocenters. The Kier molecular flexibility index (Phi) is 5.12. The minimum absolute atomic E-state index is 0. The number of amides is 1. The van der Waals surface area contributed by atoms with E-state index in [1.165, 1.54) is 6.42 Å². The van der Waals surface area contributed by atoms with Gasteiger partial charge in [0.25, 0.3) is 0 Å². The van der Waals surface area contributed by atoms with E-state index in [-0.39, 0.29) is 36.0 Å². The highest BCUT2D eigenvalue weighted by Gasteiger charge is 2.40. The van der Waals surface area contributed by atoms with Gasteiger partial charge in [0.15, 0.2) is 0 Å². The minimum Gasteiger partial charge on any atom is -0.506 e. The quantitative estimate of drug-likeness (QED) is 0.735. The highest BCUT2D eigenvalue weighted by atomic mass is 35.5. The number of halogens is 1. The zero-order valence-corrected chi connectivity index (χ0v) is 12.8. The smallest absolute Gasteiger partial charge is 0.227 e. The van der Waals surface area contributed by atoms with Gasteiger partial charge in [-0.2, -0.15) is 0 Å². The molecule has 3 rings (SSSR count). The van der Waals surface area contributed by atoms with E-state index >= 15 is 0 Å². The van der Waals surface area contributed by atoms with Gasteiger partial charge in [0.1, 0.15) is 5.75 Å². The van der Waals surface area contributed by atoms with Crippen LogP contribution in [0.25, 0.3) is 0 Å². The van der Waals surface area contributed by atoms with Crippen molar-refractivity contribution >= 4 is 24.0 Å². The molecule has 4 nitrogen and oxygen atoms in total. The number of nitrogens with one attached hydrogen (secondary N) is 1. The summed E-state index contributed by atoms with van der Waals surface area (Å²) in [5, 5.41) is 12.6. The Labute approximate surface area is 131 Å². The monoisotopic (exact) mass is 310 g/mol. The van der Waals surface area contributed by atoms with E-state index < -0.39 is 0 Å². The van der Waals surface area contributed by atoms with Gasteiger partial charge < -0.3 is 16.2 Å². The zero-order valence-electron chi connectivity index (χ0n) is 12.0. The lowest BCUT2D eigenvalue weighted by Gasteiger charge is -2.43. The third-order valence-corrected chi connectivity index (χ3v) is 4.95. The van der Waals surface area contributed by atoms with Gasteiger partial charge in [-0.05, 0) is 49.7 Å². The Morgan fingerprint density at radius 1 is 1.19 bits per heavy atom. The van der Waals surface area contributed by atoms with E-state index in [2.05, 4.69) is 5.32 Å². The lowest BCUT2D eigenvalue weighted by Crippen LogP contribution is -2.48. The minimum atomic E-state index is 0. The molecule has 4 N–H and O–H groups in total. The number of carbonyl (C=O) groups is 1.